The molecule has 5 nitrogen and oxygen atoms in total. The molecule has 3 aromatic rings. The summed E-state index contributed by atoms with van der Waals surface area (Å²) < 4.78 is 42.2. The zero-order valence-corrected chi connectivity index (χ0v) is 19.3. The molecule has 2 saturated carbocycles. The number of benzene rings is 1. The van der Waals surface area contributed by atoms with E-state index >= 15 is 0 Å². The van der Waals surface area contributed by atoms with Crippen LogP contribution in [0.2, 0.25) is 0 Å². The highest BCUT2D eigenvalue weighted by Crippen LogP contribution is 2.63. The van der Waals surface area contributed by atoms with Gasteiger partial charge in [0.1, 0.15) is 5.65 Å². The second-order valence-electron chi connectivity index (χ2n) is 9.41. The molecule has 0 saturated heterocycles. The van der Waals surface area contributed by atoms with Crippen LogP contribution in [0.5, 0.6) is 0 Å². The van der Waals surface area contributed by atoms with Crippen molar-refractivity contribution in [2.45, 2.75) is 69.0 Å². The van der Waals surface area contributed by atoms with Gasteiger partial charge < -0.3 is 5.32 Å². The Morgan fingerprint density at radius 3 is 2.67 bits per heavy atom. The smallest absolute Gasteiger partial charge is 0.324 e. The lowest BCUT2D eigenvalue weighted by Gasteiger charge is -2.25. The Labute approximate surface area is 194 Å². The molecule has 2 atom stereocenters. The van der Waals surface area contributed by atoms with Gasteiger partial charge in [0.2, 0.25) is 5.95 Å². The molecule has 2 fully saturated rings. The van der Waals surface area contributed by atoms with E-state index in [0.29, 0.717) is 17.0 Å². The van der Waals surface area contributed by atoms with Crippen LogP contribution in [-0.4, -0.2) is 20.7 Å². The van der Waals surface area contributed by atoms with Gasteiger partial charge in [0.25, 0.3) is 5.56 Å². The molecule has 5 rings (SSSR count). The molecule has 2 aliphatic carbocycles. The van der Waals surface area contributed by atoms with Crippen molar-refractivity contribution in [3.05, 3.63) is 51.9 Å². The zero-order chi connectivity index (χ0) is 23.5. The Bertz CT molecular complexity index is 1300. The Morgan fingerprint density at radius 2 is 2.00 bits per heavy atom. The number of aromatic nitrogens is 3. The van der Waals surface area contributed by atoms with Crippen LogP contribution in [0.15, 0.2) is 40.2 Å². The molecule has 9 heteroatoms. The fourth-order valence-electron chi connectivity index (χ4n) is 5.15. The van der Waals surface area contributed by atoms with Crippen LogP contribution >= 0.6 is 12.6 Å². The number of fused-ring (bicyclic) bond motifs is 1. The van der Waals surface area contributed by atoms with E-state index in [1.165, 1.54) is 12.3 Å². The van der Waals surface area contributed by atoms with Gasteiger partial charge in [-0.2, -0.15) is 18.2 Å². The minimum atomic E-state index is -4.50. The van der Waals surface area contributed by atoms with Crippen LogP contribution in [0, 0.1) is 12.3 Å². The number of aryl methyl sites for hydroxylation is 1. The number of rotatable bonds is 4. The monoisotopic (exact) mass is 474 g/mol. The average Bonchev–Trinajstić information content (AvgIpc) is 3.41. The molecule has 0 aliphatic heterocycles. The minimum absolute atomic E-state index is 0.00832. The molecule has 2 unspecified atom stereocenters. The van der Waals surface area contributed by atoms with E-state index < -0.39 is 17.7 Å². The summed E-state index contributed by atoms with van der Waals surface area (Å²) in [5.41, 5.74) is 1.30. The van der Waals surface area contributed by atoms with Crippen LogP contribution in [0.1, 0.15) is 62.1 Å². The molecule has 0 radical (unpaired) electrons. The van der Waals surface area contributed by atoms with E-state index in [1.54, 1.807) is 4.57 Å². The minimum Gasteiger partial charge on any atom is -0.324 e. The van der Waals surface area contributed by atoms with E-state index in [1.807, 2.05) is 25.1 Å². The first-order chi connectivity index (χ1) is 15.6. The molecule has 0 amide bonds. The van der Waals surface area contributed by atoms with Gasteiger partial charge in [-0.1, -0.05) is 6.42 Å². The van der Waals surface area contributed by atoms with Crippen LogP contribution in [-0.2, 0) is 0 Å². The Kier molecular flexibility index (Phi) is 5.23. The van der Waals surface area contributed by atoms with Gasteiger partial charge >= 0.3 is 6.18 Å². The third kappa shape index (κ3) is 3.90. The van der Waals surface area contributed by atoms with Crippen molar-refractivity contribution in [3.63, 3.8) is 0 Å². The summed E-state index contributed by atoms with van der Waals surface area (Å²) in [6.07, 6.45) is 1.72. The first-order valence-electron chi connectivity index (χ1n) is 11.1. The van der Waals surface area contributed by atoms with Gasteiger partial charge in [0, 0.05) is 33.8 Å². The maximum atomic E-state index is 13.6. The highest BCUT2D eigenvalue weighted by atomic mass is 32.1. The molecule has 1 aromatic carbocycles. The van der Waals surface area contributed by atoms with Gasteiger partial charge in [0.15, 0.2) is 0 Å². The fraction of sp³-hybridized carbons (Fsp3) is 0.458. The molecule has 2 aromatic heterocycles. The number of nitrogens with zero attached hydrogens (tertiary/aromatic N) is 3. The number of nitrogens with one attached hydrogen (secondary N) is 1. The van der Waals surface area contributed by atoms with E-state index in [4.69, 9.17) is 0 Å². The number of anilines is 2. The quantitative estimate of drug-likeness (QED) is 0.436. The number of alkyl halides is 3. The highest BCUT2D eigenvalue weighted by molar-refractivity contribution is 7.80. The van der Waals surface area contributed by atoms with Gasteiger partial charge in [0.05, 0.1) is 5.92 Å². The summed E-state index contributed by atoms with van der Waals surface area (Å²) in [4.78, 5) is 23.3. The van der Waals surface area contributed by atoms with Gasteiger partial charge in [-0.15, -0.1) is 12.6 Å². The van der Waals surface area contributed by atoms with E-state index in [2.05, 4.69) is 27.9 Å². The van der Waals surface area contributed by atoms with E-state index in [9.17, 15) is 18.0 Å². The zero-order valence-electron chi connectivity index (χ0n) is 18.4. The summed E-state index contributed by atoms with van der Waals surface area (Å²) in [6.45, 7) is 2.97. The standard InChI is InChI=1S/C24H25F3N4OS/c1-13-10-16(33)5-6-18(13)29-22-28-12-15-11-17(14(2)24(25,26)27)21(32)31(20(15)30-22)19-4-3-7-23(19)8-9-23/h5-6,10-12,14,19,33H,3-4,7-9H2,1-2H3,(H,28,29,30). The number of halogens is 3. The van der Waals surface area contributed by atoms with Crippen LogP contribution in [0.25, 0.3) is 11.0 Å². The van der Waals surface area contributed by atoms with Gasteiger partial charge in [-0.25, -0.2) is 4.98 Å². The molecular weight excluding hydrogens is 449 g/mol. The summed E-state index contributed by atoms with van der Waals surface area (Å²) in [6, 6.07) is 6.78. The molecular formula is C24H25F3N4OS. The van der Waals surface area contributed by atoms with E-state index in [-0.39, 0.29) is 17.0 Å². The largest absolute Gasteiger partial charge is 0.395 e. The summed E-state index contributed by atoms with van der Waals surface area (Å²) in [7, 11) is 0. The van der Waals surface area contributed by atoms with Crippen LogP contribution < -0.4 is 10.9 Å². The predicted molar refractivity (Wildman–Crippen MR) is 125 cm³/mol. The molecule has 33 heavy (non-hydrogen) atoms. The van der Waals surface area contributed by atoms with Gasteiger partial charge in [-0.05, 0) is 74.8 Å². The molecule has 1 spiro atoms. The van der Waals surface area contributed by atoms with Crippen LogP contribution in [0.4, 0.5) is 24.8 Å². The lowest BCUT2D eigenvalue weighted by atomic mass is 9.97. The third-order valence-corrected chi connectivity index (χ3v) is 7.56. The number of pyridine rings is 1. The number of hydrogen-bond donors (Lipinski definition) is 2. The van der Waals surface area contributed by atoms with Crippen LogP contribution in [0.3, 0.4) is 0 Å². The maximum Gasteiger partial charge on any atom is 0.395 e. The van der Waals surface area contributed by atoms with E-state index in [0.717, 1.165) is 55.2 Å². The fourth-order valence-corrected chi connectivity index (χ4v) is 5.42. The Morgan fingerprint density at radius 1 is 1.24 bits per heavy atom. The molecule has 0 bridgehead atoms. The SMILES string of the molecule is Cc1cc(S)ccc1Nc1ncc2cc(C(C)C(F)(F)F)c(=O)n(C3CCCC34CC4)c2n1. The van der Waals surface area contributed by atoms with Crippen molar-refractivity contribution in [1.82, 2.24) is 14.5 Å². The lowest BCUT2D eigenvalue weighted by molar-refractivity contribution is -0.146. The van der Waals surface area contributed by atoms with Crippen molar-refractivity contribution >= 4 is 35.3 Å². The number of thiol groups is 1. The summed E-state index contributed by atoms with van der Waals surface area (Å²) >= 11 is 4.34. The third-order valence-electron chi connectivity index (χ3n) is 7.28. The Hall–Kier alpha value is -2.55. The van der Waals surface area contributed by atoms with Gasteiger partial charge in [-0.3, -0.25) is 9.36 Å². The van der Waals surface area contributed by atoms with Crippen molar-refractivity contribution in [2.75, 3.05) is 5.32 Å². The first-order valence-corrected chi connectivity index (χ1v) is 11.6. The van der Waals surface area contributed by atoms with Crippen molar-refractivity contribution in [1.29, 1.82) is 0 Å². The maximum absolute atomic E-state index is 13.6. The highest BCUT2D eigenvalue weighted by Gasteiger charge is 2.53. The first kappa shape index (κ1) is 22.3. The number of hydrogen-bond acceptors (Lipinski definition) is 5. The molecule has 1 N–H and O–H groups in total. The summed E-state index contributed by atoms with van der Waals surface area (Å²) in [5, 5.41) is 3.62. The van der Waals surface area contributed by atoms with Crippen molar-refractivity contribution < 1.29 is 13.2 Å². The lowest BCUT2D eigenvalue weighted by Crippen LogP contribution is -2.34. The topological polar surface area (TPSA) is 59.8 Å². The molecule has 2 heterocycles. The second-order valence-corrected chi connectivity index (χ2v) is 9.92. The Balaban J connectivity index is 1.67. The normalized spacial score (nSPS) is 20.4. The van der Waals surface area contributed by atoms with Crippen molar-refractivity contribution in [2.24, 2.45) is 5.41 Å². The predicted octanol–water partition coefficient (Wildman–Crippen LogP) is 6.30. The molecule has 174 valence electrons. The average molecular weight is 475 g/mol. The molecule has 2 aliphatic rings. The second kappa shape index (κ2) is 7.75. The van der Waals surface area contributed by atoms with Crippen molar-refractivity contribution in [3.8, 4) is 0 Å². The summed E-state index contributed by atoms with van der Waals surface area (Å²) in [5.74, 6) is -1.57.